The predicted octanol–water partition coefficient (Wildman–Crippen LogP) is 4.40. The molecule has 0 bridgehead atoms. The van der Waals surface area contributed by atoms with Crippen molar-refractivity contribution in [3.63, 3.8) is 0 Å². The van der Waals surface area contributed by atoms with Gasteiger partial charge in [-0.1, -0.05) is 12.1 Å². The Balaban J connectivity index is 1.39. The number of hydrogen-bond donors (Lipinski definition) is 2. The van der Waals surface area contributed by atoms with Crippen molar-refractivity contribution in [3.8, 4) is 11.1 Å². The molecule has 0 radical (unpaired) electrons. The Labute approximate surface area is 189 Å². The molecule has 0 atom stereocenters. The highest BCUT2D eigenvalue weighted by atomic mass is 19.1. The quantitative estimate of drug-likeness (QED) is 0.456. The Morgan fingerprint density at radius 1 is 0.939 bits per heavy atom. The minimum atomic E-state index is -0.880. The highest BCUT2D eigenvalue weighted by Gasteiger charge is 2.20. The SMILES string of the molecule is O=C(c1ccc(F)cc1)c1c[nH]c2ncc(-c3ccc(N4CCN(C(=O)O)CC4)cc3)cc12. The number of ketones is 1. The van der Waals surface area contributed by atoms with Crippen LogP contribution in [-0.4, -0.2) is 58.0 Å². The van der Waals surface area contributed by atoms with Gasteiger partial charge in [-0.3, -0.25) is 4.79 Å². The van der Waals surface area contributed by atoms with Crippen LogP contribution in [0.3, 0.4) is 0 Å². The van der Waals surface area contributed by atoms with Crippen LogP contribution in [0.2, 0.25) is 0 Å². The summed E-state index contributed by atoms with van der Waals surface area (Å²) in [6.07, 6.45) is 2.51. The van der Waals surface area contributed by atoms with Gasteiger partial charge in [0.25, 0.3) is 0 Å². The van der Waals surface area contributed by atoms with Gasteiger partial charge in [-0.2, -0.15) is 0 Å². The van der Waals surface area contributed by atoms with Gasteiger partial charge < -0.3 is 19.9 Å². The molecular weight excluding hydrogens is 423 g/mol. The molecule has 8 heteroatoms. The maximum absolute atomic E-state index is 13.2. The summed E-state index contributed by atoms with van der Waals surface area (Å²) in [7, 11) is 0. The smallest absolute Gasteiger partial charge is 0.407 e. The number of aromatic nitrogens is 2. The van der Waals surface area contributed by atoms with Crippen molar-refractivity contribution >= 4 is 28.6 Å². The molecule has 0 saturated carbocycles. The monoisotopic (exact) mass is 444 g/mol. The Morgan fingerprint density at radius 3 is 2.30 bits per heavy atom. The Bertz CT molecular complexity index is 1320. The molecule has 166 valence electrons. The van der Waals surface area contributed by atoms with E-state index in [1.807, 2.05) is 30.3 Å². The van der Waals surface area contributed by atoms with Crippen LogP contribution >= 0.6 is 0 Å². The number of carbonyl (C=O) groups is 2. The first-order valence-corrected chi connectivity index (χ1v) is 10.6. The lowest BCUT2D eigenvalue weighted by molar-refractivity contribution is 0.104. The van der Waals surface area contributed by atoms with E-state index in [2.05, 4.69) is 14.9 Å². The summed E-state index contributed by atoms with van der Waals surface area (Å²) in [5.41, 5.74) is 4.37. The molecule has 1 aliphatic heterocycles. The highest BCUT2D eigenvalue weighted by Crippen LogP contribution is 2.28. The van der Waals surface area contributed by atoms with Crippen molar-refractivity contribution < 1.29 is 19.1 Å². The number of fused-ring (bicyclic) bond motifs is 1. The van der Waals surface area contributed by atoms with Crippen molar-refractivity contribution in [2.24, 2.45) is 0 Å². The predicted molar refractivity (Wildman–Crippen MR) is 123 cm³/mol. The number of halogens is 1. The number of pyridine rings is 1. The number of amides is 1. The van der Waals surface area contributed by atoms with Gasteiger partial charge in [0, 0.05) is 66.3 Å². The van der Waals surface area contributed by atoms with Crippen molar-refractivity contribution in [2.75, 3.05) is 31.1 Å². The van der Waals surface area contributed by atoms with E-state index in [-0.39, 0.29) is 11.6 Å². The first-order valence-electron chi connectivity index (χ1n) is 10.6. The van der Waals surface area contributed by atoms with E-state index < -0.39 is 6.09 Å². The van der Waals surface area contributed by atoms with Crippen LogP contribution in [0.1, 0.15) is 15.9 Å². The molecule has 0 aliphatic carbocycles. The van der Waals surface area contributed by atoms with Crippen LogP contribution in [0.25, 0.3) is 22.2 Å². The molecule has 4 aromatic rings. The average molecular weight is 444 g/mol. The van der Waals surface area contributed by atoms with Crippen LogP contribution in [0, 0.1) is 5.82 Å². The Hall–Kier alpha value is -4.20. The first-order chi connectivity index (χ1) is 16.0. The number of hydrogen-bond acceptors (Lipinski definition) is 4. The maximum atomic E-state index is 13.2. The van der Waals surface area contributed by atoms with E-state index in [1.54, 1.807) is 12.4 Å². The van der Waals surface area contributed by atoms with Gasteiger partial charge in [-0.15, -0.1) is 0 Å². The van der Waals surface area contributed by atoms with Gasteiger partial charge in [-0.05, 0) is 48.0 Å². The van der Waals surface area contributed by atoms with Crippen molar-refractivity contribution in [2.45, 2.75) is 0 Å². The van der Waals surface area contributed by atoms with Crippen molar-refractivity contribution in [1.29, 1.82) is 0 Å². The molecule has 1 fully saturated rings. The second kappa shape index (κ2) is 8.38. The van der Waals surface area contributed by atoms with E-state index >= 15 is 0 Å². The van der Waals surface area contributed by atoms with Crippen LogP contribution < -0.4 is 4.90 Å². The number of nitrogens with one attached hydrogen (secondary N) is 1. The minimum absolute atomic E-state index is 0.198. The molecule has 2 aromatic carbocycles. The third-order valence-electron chi connectivity index (χ3n) is 6.00. The summed E-state index contributed by atoms with van der Waals surface area (Å²) in [6.45, 7) is 2.26. The zero-order valence-electron chi connectivity index (χ0n) is 17.7. The molecule has 2 aromatic heterocycles. The number of piperazine rings is 1. The molecule has 0 unspecified atom stereocenters. The second-order valence-corrected chi connectivity index (χ2v) is 7.96. The zero-order chi connectivity index (χ0) is 22.9. The van der Waals surface area contributed by atoms with Crippen LogP contribution in [0.15, 0.2) is 67.0 Å². The largest absolute Gasteiger partial charge is 0.465 e. The maximum Gasteiger partial charge on any atom is 0.407 e. The van der Waals surface area contributed by atoms with Gasteiger partial charge in [0.05, 0.1) is 0 Å². The first kappa shape index (κ1) is 20.7. The van der Waals surface area contributed by atoms with E-state index in [1.165, 1.54) is 29.2 Å². The van der Waals surface area contributed by atoms with Gasteiger partial charge in [0.2, 0.25) is 0 Å². The number of nitrogens with zero attached hydrogens (tertiary/aromatic N) is 3. The summed E-state index contributed by atoms with van der Waals surface area (Å²) >= 11 is 0. The van der Waals surface area contributed by atoms with E-state index in [9.17, 15) is 14.0 Å². The molecule has 1 amide bonds. The summed E-state index contributed by atoms with van der Waals surface area (Å²) in [5, 5.41) is 9.81. The molecule has 2 N–H and O–H groups in total. The topological polar surface area (TPSA) is 89.5 Å². The normalized spacial score (nSPS) is 14.0. The Morgan fingerprint density at radius 2 is 1.64 bits per heavy atom. The third kappa shape index (κ3) is 4.03. The van der Waals surface area contributed by atoms with Gasteiger partial charge in [0.1, 0.15) is 11.5 Å². The lowest BCUT2D eigenvalue weighted by Gasteiger charge is -2.34. The molecule has 7 nitrogen and oxygen atoms in total. The lowest BCUT2D eigenvalue weighted by atomic mass is 10.0. The van der Waals surface area contributed by atoms with Crippen LogP contribution in [0.4, 0.5) is 14.9 Å². The fraction of sp³-hybridized carbons (Fsp3) is 0.160. The van der Waals surface area contributed by atoms with E-state index in [0.29, 0.717) is 48.3 Å². The number of carbonyl (C=O) groups excluding carboxylic acids is 1. The molecule has 1 saturated heterocycles. The molecule has 0 spiro atoms. The average Bonchev–Trinajstić information content (AvgIpc) is 3.27. The van der Waals surface area contributed by atoms with E-state index in [0.717, 1.165) is 16.8 Å². The molecule has 5 rings (SSSR count). The summed E-state index contributed by atoms with van der Waals surface area (Å²) in [5.74, 6) is -0.585. The third-order valence-corrected chi connectivity index (χ3v) is 6.00. The number of carboxylic acid groups (broad SMARTS) is 1. The number of benzene rings is 2. The van der Waals surface area contributed by atoms with Crippen molar-refractivity contribution in [3.05, 3.63) is 83.9 Å². The van der Waals surface area contributed by atoms with Crippen LogP contribution in [0.5, 0.6) is 0 Å². The lowest BCUT2D eigenvalue weighted by Crippen LogP contribution is -2.48. The second-order valence-electron chi connectivity index (χ2n) is 7.96. The van der Waals surface area contributed by atoms with Gasteiger partial charge >= 0.3 is 6.09 Å². The van der Waals surface area contributed by atoms with Crippen molar-refractivity contribution in [1.82, 2.24) is 14.9 Å². The molecule has 1 aliphatic rings. The minimum Gasteiger partial charge on any atom is -0.465 e. The molecular formula is C25H21FN4O3. The van der Waals surface area contributed by atoms with Gasteiger partial charge in [0.15, 0.2) is 5.78 Å². The molecule has 3 heterocycles. The highest BCUT2D eigenvalue weighted by molar-refractivity contribution is 6.16. The molecule has 33 heavy (non-hydrogen) atoms. The number of anilines is 1. The number of H-pyrrole nitrogens is 1. The van der Waals surface area contributed by atoms with E-state index in [4.69, 9.17) is 5.11 Å². The summed E-state index contributed by atoms with van der Waals surface area (Å²) < 4.78 is 13.2. The summed E-state index contributed by atoms with van der Waals surface area (Å²) in [6, 6.07) is 15.4. The fourth-order valence-electron chi connectivity index (χ4n) is 4.13. The summed E-state index contributed by atoms with van der Waals surface area (Å²) in [4.78, 5) is 35.1. The number of rotatable bonds is 4. The van der Waals surface area contributed by atoms with Crippen LogP contribution in [-0.2, 0) is 0 Å². The standard InChI is InChI=1S/C25H21FN4O3/c26-19-5-1-17(2-6-19)23(31)22-15-28-24-21(22)13-18(14-27-24)16-3-7-20(8-4-16)29-9-11-30(12-10-29)25(32)33/h1-8,13-15H,9-12H2,(H,27,28)(H,32,33). The zero-order valence-corrected chi connectivity index (χ0v) is 17.7. The number of aromatic amines is 1. The fourth-order valence-corrected chi connectivity index (χ4v) is 4.13. The van der Waals surface area contributed by atoms with Gasteiger partial charge in [-0.25, -0.2) is 14.2 Å². The Kier molecular flexibility index (Phi) is 5.26.